The lowest BCUT2D eigenvalue weighted by Gasteiger charge is -2.14. The minimum absolute atomic E-state index is 0.623. The maximum Gasteiger partial charge on any atom is 0.189 e. The van der Waals surface area contributed by atoms with Crippen molar-refractivity contribution in [3.63, 3.8) is 0 Å². The highest BCUT2D eigenvalue weighted by Gasteiger charge is 2.01. The molecule has 0 amide bonds. The third-order valence-corrected chi connectivity index (χ3v) is 2.63. The standard InChI is InChI=1S/C12H19N3OS/c1-4-5-8-13-12(17)15(3)14-9-11-7-6-10(2)16-11/h6-7,9H,4-5,8H2,1-3H3,(H,13,17). The molecule has 0 radical (unpaired) electrons. The summed E-state index contributed by atoms with van der Waals surface area (Å²) in [6, 6.07) is 3.78. The Morgan fingerprint density at radius 2 is 2.35 bits per heavy atom. The van der Waals surface area contributed by atoms with Gasteiger partial charge < -0.3 is 9.73 Å². The molecule has 1 aromatic heterocycles. The second-order valence-corrected chi connectivity index (χ2v) is 4.19. The van der Waals surface area contributed by atoms with Crippen molar-refractivity contribution in [3.8, 4) is 0 Å². The fourth-order valence-electron chi connectivity index (χ4n) is 1.21. The van der Waals surface area contributed by atoms with Crippen molar-refractivity contribution in [1.82, 2.24) is 10.3 Å². The molecule has 1 aromatic rings. The molecule has 0 bridgehead atoms. The van der Waals surface area contributed by atoms with Crippen molar-refractivity contribution < 1.29 is 4.42 Å². The summed E-state index contributed by atoms with van der Waals surface area (Å²) < 4.78 is 5.37. The summed E-state index contributed by atoms with van der Waals surface area (Å²) in [6.07, 6.45) is 3.91. The van der Waals surface area contributed by atoms with E-state index in [1.165, 1.54) is 0 Å². The Morgan fingerprint density at radius 1 is 1.59 bits per heavy atom. The zero-order valence-electron chi connectivity index (χ0n) is 10.6. The molecule has 0 fully saturated rings. The first-order chi connectivity index (χ1) is 8.13. The molecule has 0 aliphatic carbocycles. The van der Waals surface area contributed by atoms with Crippen LogP contribution < -0.4 is 5.32 Å². The molecular weight excluding hydrogens is 234 g/mol. The monoisotopic (exact) mass is 253 g/mol. The largest absolute Gasteiger partial charge is 0.460 e. The molecule has 17 heavy (non-hydrogen) atoms. The highest BCUT2D eigenvalue weighted by atomic mass is 32.1. The Balaban J connectivity index is 2.40. The van der Waals surface area contributed by atoms with Crippen molar-refractivity contribution in [2.24, 2.45) is 5.10 Å². The van der Waals surface area contributed by atoms with Gasteiger partial charge in [-0.05, 0) is 37.7 Å². The van der Waals surface area contributed by atoms with Crippen LogP contribution in [-0.4, -0.2) is 29.9 Å². The number of furan rings is 1. The van der Waals surface area contributed by atoms with Crippen LogP contribution in [0.3, 0.4) is 0 Å². The summed E-state index contributed by atoms with van der Waals surface area (Å²) in [5.41, 5.74) is 0. The van der Waals surface area contributed by atoms with Gasteiger partial charge >= 0.3 is 0 Å². The molecule has 0 aliphatic heterocycles. The number of hydrogen-bond donors (Lipinski definition) is 1. The van der Waals surface area contributed by atoms with E-state index < -0.39 is 0 Å². The van der Waals surface area contributed by atoms with E-state index in [0.29, 0.717) is 5.11 Å². The first-order valence-corrected chi connectivity index (χ1v) is 6.16. The van der Waals surface area contributed by atoms with Gasteiger partial charge in [-0.1, -0.05) is 13.3 Å². The molecule has 0 aliphatic rings. The molecule has 1 N–H and O–H groups in total. The van der Waals surface area contributed by atoms with Gasteiger partial charge in [0.1, 0.15) is 11.5 Å². The fraction of sp³-hybridized carbons (Fsp3) is 0.500. The molecule has 0 atom stereocenters. The number of hydrazone groups is 1. The van der Waals surface area contributed by atoms with Gasteiger partial charge in [-0.2, -0.15) is 5.10 Å². The lowest BCUT2D eigenvalue weighted by atomic mass is 10.3. The molecule has 0 aromatic carbocycles. The summed E-state index contributed by atoms with van der Waals surface area (Å²) in [5, 5.41) is 9.59. The van der Waals surface area contributed by atoms with Gasteiger partial charge in [0.2, 0.25) is 0 Å². The number of unbranched alkanes of at least 4 members (excludes halogenated alkanes) is 1. The highest BCUT2D eigenvalue weighted by Crippen LogP contribution is 2.03. The predicted octanol–water partition coefficient (Wildman–Crippen LogP) is 2.53. The van der Waals surface area contributed by atoms with E-state index in [1.54, 1.807) is 11.2 Å². The summed E-state index contributed by atoms with van der Waals surface area (Å²) in [7, 11) is 1.81. The molecule has 94 valence electrons. The van der Waals surface area contributed by atoms with Gasteiger partial charge in [0, 0.05) is 13.6 Å². The quantitative estimate of drug-likeness (QED) is 0.379. The fourth-order valence-corrected chi connectivity index (χ4v) is 1.35. The molecule has 0 saturated heterocycles. The average Bonchev–Trinajstić information content (AvgIpc) is 2.72. The van der Waals surface area contributed by atoms with Gasteiger partial charge in [-0.25, -0.2) is 5.01 Å². The van der Waals surface area contributed by atoms with Crippen LogP contribution in [0.2, 0.25) is 0 Å². The predicted molar refractivity (Wildman–Crippen MR) is 74.3 cm³/mol. The second kappa shape index (κ2) is 7.06. The van der Waals surface area contributed by atoms with Crippen molar-refractivity contribution in [3.05, 3.63) is 23.7 Å². The minimum atomic E-state index is 0.623. The maximum absolute atomic E-state index is 5.37. The Bertz CT molecular complexity index is 387. The highest BCUT2D eigenvalue weighted by molar-refractivity contribution is 7.80. The summed E-state index contributed by atoms with van der Waals surface area (Å²) >= 11 is 5.18. The van der Waals surface area contributed by atoms with Gasteiger partial charge in [0.15, 0.2) is 5.11 Å². The molecule has 0 spiro atoms. The maximum atomic E-state index is 5.37. The van der Waals surface area contributed by atoms with Gasteiger partial charge in [-0.3, -0.25) is 0 Å². The Hall–Kier alpha value is -1.36. The molecule has 0 saturated carbocycles. The first kappa shape index (κ1) is 13.7. The minimum Gasteiger partial charge on any atom is -0.460 e. The van der Waals surface area contributed by atoms with Crippen LogP contribution in [0, 0.1) is 6.92 Å². The first-order valence-electron chi connectivity index (χ1n) is 5.75. The summed E-state index contributed by atoms with van der Waals surface area (Å²) in [4.78, 5) is 0. The topological polar surface area (TPSA) is 40.8 Å². The third-order valence-electron chi connectivity index (χ3n) is 2.22. The van der Waals surface area contributed by atoms with Crippen LogP contribution in [0.1, 0.15) is 31.3 Å². The van der Waals surface area contributed by atoms with E-state index in [0.717, 1.165) is 30.9 Å². The number of rotatable bonds is 5. The van der Waals surface area contributed by atoms with E-state index in [1.807, 2.05) is 26.1 Å². The number of thiocarbonyl (C=S) groups is 1. The molecule has 4 nitrogen and oxygen atoms in total. The zero-order chi connectivity index (χ0) is 12.7. The van der Waals surface area contributed by atoms with Gasteiger partial charge in [0.25, 0.3) is 0 Å². The Morgan fingerprint density at radius 3 is 2.94 bits per heavy atom. The van der Waals surface area contributed by atoms with Crippen LogP contribution in [0.15, 0.2) is 21.7 Å². The average molecular weight is 253 g/mol. The van der Waals surface area contributed by atoms with Gasteiger partial charge in [0.05, 0.1) is 6.21 Å². The molecule has 5 heteroatoms. The molecular formula is C12H19N3OS. The normalized spacial score (nSPS) is 10.8. The van der Waals surface area contributed by atoms with Crippen LogP contribution in [-0.2, 0) is 0 Å². The van der Waals surface area contributed by atoms with E-state index in [9.17, 15) is 0 Å². The van der Waals surface area contributed by atoms with E-state index in [4.69, 9.17) is 16.6 Å². The lowest BCUT2D eigenvalue weighted by Crippen LogP contribution is -2.34. The van der Waals surface area contributed by atoms with Crippen molar-refractivity contribution in [2.75, 3.05) is 13.6 Å². The number of nitrogens with one attached hydrogen (secondary N) is 1. The van der Waals surface area contributed by atoms with Crippen LogP contribution >= 0.6 is 12.2 Å². The summed E-state index contributed by atoms with van der Waals surface area (Å²) in [6.45, 7) is 4.93. The smallest absolute Gasteiger partial charge is 0.189 e. The van der Waals surface area contributed by atoms with E-state index >= 15 is 0 Å². The lowest BCUT2D eigenvalue weighted by molar-refractivity contribution is 0.511. The van der Waals surface area contributed by atoms with Crippen molar-refractivity contribution in [1.29, 1.82) is 0 Å². The Labute approximate surface area is 108 Å². The van der Waals surface area contributed by atoms with Crippen LogP contribution in [0.5, 0.6) is 0 Å². The molecule has 0 unspecified atom stereocenters. The zero-order valence-corrected chi connectivity index (χ0v) is 11.4. The van der Waals surface area contributed by atoms with Gasteiger partial charge in [-0.15, -0.1) is 0 Å². The number of hydrogen-bond acceptors (Lipinski definition) is 3. The number of aryl methyl sites for hydroxylation is 1. The third kappa shape index (κ3) is 4.99. The van der Waals surface area contributed by atoms with Crippen LogP contribution in [0.4, 0.5) is 0 Å². The summed E-state index contributed by atoms with van der Waals surface area (Å²) in [5.74, 6) is 1.60. The molecule has 1 rings (SSSR count). The van der Waals surface area contributed by atoms with Crippen LogP contribution in [0.25, 0.3) is 0 Å². The van der Waals surface area contributed by atoms with E-state index in [2.05, 4.69) is 17.3 Å². The Kier molecular flexibility index (Phi) is 5.69. The SMILES string of the molecule is CCCCNC(=S)N(C)N=Cc1ccc(C)o1. The second-order valence-electron chi connectivity index (χ2n) is 3.80. The van der Waals surface area contributed by atoms with Crippen molar-refractivity contribution in [2.45, 2.75) is 26.7 Å². The number of nitrogens with zero attached hydrogens (tertiary/aromatic N) is 2. The van der Waals surface area contributed by atoms with E-state index in [-0.39, 0.29) is 0 Å². The van der Waals surface area contributed by atoms with Crippen molar-refractivity contribution >= 4 is 23.5 Å². The molecule has 1 heterocycles.